The summed E-state index contributed by atoms with van der Waals surface area (Å²) < 4.78 is 2.38. The Morgan fingerprint density at radius 1 is 0.434 bits per heavy atom. The molecule has 0 unspecified atom stereocenters. The van der Waals surface area contributed by atoms with Gasteiger partial charge >= 0.3 is 0 Å². The first-order valence-corrected chi connectivity index (χ1v) is 18.9. The van der Waals surface area contributed by atoms with E-state index in [1.165, 1.54) is 64.7 Å². The van der Waals surface area contributed by atoms with Gasteiger partial charge in [-0.05, 0) is 50.9 Å². The highest BCUT2D eigenvalue weighted by Crippen LogP contribution is 2.63. The maximum atomic E-state index is 5.52. The number of nitrogens with zero attached hydrogens (tertiary/aromatic N) is 3. The predicted octanol–water partition coefficient (Wildman–Crippen LogP) is 12.4. The van der Waals surface area contributed by atoms with Crippen LogP contribution in [0, 0.1) is 0 Å². The fourth-order valence-corrected chi connectivity index (χ4v) is 10.7. The van der Waals surface area contributed by atoms with Gasteiger partial charge in [-0.15, -0.1) is 0 Å². The Balaban J connectivity index is 1.29. The summed E-state index contributed by atoms with van der Waals surface area (Å²) in [4.78, 5) is 13.4. The van der Waals surface area contributed by atoms with E-state index < -0.39 is 5.41 Å². The normalized spacial score (nSPS) is 13.7. The van der Waals surface area contributed by atoms with Crippen molar-refractivity contribution in [3.05, 3.63) is 198 Å². The van der Waals surface area contributed by atoms with Crippen LogP contribution >= 0.6 is 11.8 Å². The van der Waals surface area contributed by atoms with E-state index in [2.05, 4.69) is 180 Å². The second kappa shape index (κ2) is 10.8. The molecular formula is C49H29N3S. The van der Waals surface area contributed by atoms with E-state index in [0.717, 1.165) is 33.2 Å². The monoisotopic (exact) mass is 691 g/mol. The average molecular weight is 692 g/mol. The van der Waals surface area contributed by atoms with Crippen LogP contribution in [-0.4, -0.2) is 14.5 Å². The van der Waals surface area contributed by atoms with Crippen molar-refractivity contribution in [1.29, 1.82) is 0 Å². The van der Waals surface area contributed by atoms with Gasteiger partial charge in [-0.25, -0.2) is 9.97 Å². The number of hydrogen-bond acceptors (Lipinski definition) is 3. The van der Waals surface area contributed by atoms with Crippen LogP contribution in [-0.2, 0) is 5.41 Å². The standard InChI is InChI=1S/C49H29N3S/c1-2-15-31(16-3-1)44-37-20-8-12-24-42(37)50-48(51-44)52-45-32-17-5-4-14-30(32)26-27-35(45)36-28-29-41-47(46(36)52)53-43-25-13-11-23-40(43)49(41)38-21-9-6-18-33(38)34-19-7-10-22-39(34)49/h1-29H. The SMILES string of the molecule is c1ccc(-c2nc(-n3c4c5c(ccc4c4ccc6ccccc6c43)C3(c4ccccc4S5)c4ccccc4-c4ccccc43)nc3ccccc23)cc1. The minimum Gasteiger partial charge on any atom is -0.276 e. The maximum Gasteiger partial charge on any atom is 0.235 e. The third-order valence-electron chi connectivity index (χ3n) is 11.5. The zero-order chi connectivity index (χ0) is 34.7. The molecule has 0 saturated carbocycles. The average Bonchev–Trinajstić information content (AvgIpc) is 3.73. The molecule has 0 saturated heterocycles. The Labute approximate surface area is 310 Å². The Kier molecular flexibility index (Phi) is 5.92. The molecule has 4 heteroatoms. The van der Waals surface area contributed by atoms with Crippen LogP contribution in [0.4, 0.5) is 0 Å². The number of benzene rings is 8. The minimum atomic E-state index is -0.485. The van der Waals surface area contributed by atoms with Gasteiger partial charge in [0.25, 0.3) is 0 Å². The lowest BCUT2D eigenvalue weighted by molar-refractivity contribution is 0.724. The fourth-order valence-electron chi connectivity index (χ4n) is 9.35. The van der Waals surface area contributed by atoms with Gasteiger partial charge in [-0.1, -0.05) is 176 Å². The molecule has 0 N–H and O–H groups in total. The number of fused-ring (bicyclic) bond motifs is 16. The summed E-state index contributed by atoms with van der Waals surface area (Å²) in [5, 5.41) is 5.80. The largest absolute Gasteiger partial charge is 0.276 e. The van der Waals surface area contributed by atoms with E-state index in [9.17, 15) is 0 Å². The molecule has 1 spiro atoms. The van der Waals surface area contributed by atoms with Gasteiger partial charge in [0.1, 0.15) is 0 Å². The molecule has 3 heterocycles. The summed E-state index contributed by atoms with van der Waals surface area (Å²) in [6.45, 7) is 0. The van der Waals surface area contributed by atoms with Gasteiger partial charge in [0.2, 0.25) is 5.95 Å². The molecule has 12 rings (SSSR count). The third kappa shape index (κ3) is 3.80. The molecule has 1 aliphatic carbocycles. The van der Waals surface area contributed by atoms with Crippen LogP contribution in [0.25, 0.3) is 71.8 Å². The first kappa shape index (κ1) is 29.1. The van der Waals surface area contributed by atoms with E-state index in [1.54, 1.807) is 0 Å². The van der Waals surface area contributed by atoms with Gasteiger partial charge in [0.15, 0.2) is 0 Å². The van der Waals surface area contributed by atoms with Gasteiger partial charge in [-0.2, -0.15) is 0 Å². The lowest BCUT2D eigenvalue weighted by Gasteiger charge is -2.40. The van der Waals surface area contributed by atoms with Crippen molar-refractivity contribution in [2.24, 2.45) is 0 Å². The molecule has 246 valence electrons. The molecule has 2 aromatic heterocycles. The van der Waals surface area contributed by atoms with Gasteiger partial charge in [-0.3, -0.25) is 4.57 Å². The molecule has 1 aliphatic heterocycles. The van der Waals surface area contributed by atoms with Crippen molar-refractivity contribution in [3.8, 4) is 28.3 Å². The van der Waals surface area contributed by atoms with Crippen LogP contribution in [0.3, 0.4) is 0 Å². The quantitative estimate of drug-likeness (QED) is 0.181. The number of rotatable bonds is 2. The summed E-state index contributed by atoms with van der Waals surface area (Å²) in [5.74, 6) is 0.674. The first-order valence-electron chi connectivity index (χ1n) is 18.1. The van der Waals surface area contributed by atoms with E-state index >= 15 is 0 Å². The van der Waals surface area contributed by atoms with Crippen LogP contribution < -0.4 is 0 Å². The molecule has 0 atom stereocenters. The van der Waals surface area contributed by atoms with Gasteiger partial charge in [0.05, 0.1) is 27.7 Å². The van der Waals surface area contributed by atoms with Crippen molar-refractivity contribution in [2.75, 3.05) is 0 Å². The summed E-state index contributed by atoms with van der Waals surface area (Å²) in [5.41, 5.74) is 12.6. The number of hydrogen-bond donors (Lipinski definition) is 0. The summed E-state index contributed by atoms with van der Waals surface area (Å²) in [7, 11) is 0. The Bertz CT molecular complexity index is 3110. The van der Waals surface area contributed by atoms with E-state index in [4.69, 9.17) is 9.97 Å². The first-order chi connectivity index (χ1) is 26.3. The smallest absolute Gasteiger partial charge is 0.235 e. The van der Waals surface area contributed by atoms with Crippen molar-refractivity contribution in [2.45, 2.75) is 15.2 Å². The predicted molar refractivity (Wildman–Crippen MR) is 218 cm³/mol. The number of para-hydroxylation sites is 1. The Hall–Kier alpha value is -6.49. The van der Waals surface area contributed by atoms with Crippen LogP contribution in [0.1, 0.15) is 22.3 Å². The molecule has 0 fully saturated rings. The van der Waals surface area contributed by atoms with Crippen molar-refractivity contribution < 1.29 is 0 Å². The van der Waals surface area contributed by atoms with Crippen molar-refractivity contribution >= 4 is 55.2 Å². The number of aromatic nitrogens is 3. The zero-order valence-corrected chi connectivity index (χ0v) is 29.3. The van der Waals surface area contributed by atoms with Crippen LogP contribution in [0.15, 0.2) is 186 Å². The molecule has 53 heavy (non-hydrogen) atoms. The molecule has 2 aliphatic rings. The van der Waals surface area contributed by atoms with Crippen molar-refractivity contribution in [3.63, 3.8) is 0 Å². The van der Waals surface area contributed by atoms with E-state index in [-0.39, 0.29) is 0 Å². The third-order valence-corrected chi connectivity index (χ3v) is 12.7. The minimum absolute atomic E-state index is 0.485. The van der Waals surface area contributed by atoms with Crippen molar-refractivity contribution in [1.82, 2.24) is 14.5 Å². The molecule has 0 amide bonds. The summed E-state index contributed by atoms with van der Waals surface area (Å²) >= 11 is 1.88. The lowest BCUT2D eigenvalue weighted by atomic mass is 9.67. The zero-order valence-electron chi connectivity index (χ0n) is 28.5. The second-order valence-electron chi connectivity index (χ2n) is 14.1. The van der Waals surface area contributed by atoms with E-state index in [0.29, 0.717) is 5.95 Å². The topological polar surface area (TPSA) is 30.7 Å². The molecule has 8 aromatic carbocycles. The molecule has 3 nitrogen and oxygen atoms in total. The van der Waals surface area contributed by atoms with Crippen LogP contribution in [0.2, 0.25) is 0 Å². The fraction of sp³-hybridized carbons (Fsp3) is 0.0204. The highest BCUT2D eigenvalue weighted by atomic mass is 32.2. The molecule has 10 aromatic rings. The van der Waals surface area contributed by atoms with E-state index in [1.807, 2.05) is 11.8 Å². The highest BCUT2D eigenvalue weighted by molar-refractivity contribution is 7.99. The molecule has 0 radical (unpaired) electrons. The van der Waals surface area contributed by atoms with Crippen LogP contribution in [0.5, 0.6) is 0 Å². The highest BCUT2D eigenvalue weighted by Gasteiger charge is 2.50. The summed E-state index contributed by atoms with van der Waals surface area (Å²) in [6, 6.07) is 64.0. The Morgan fingerprint density at radius 3 is 1.87 bits per heavy atom. The Morgan fingerprint density at radius 2 is 1.06 bits per heavy atom. The second-order valence-corrected chi connectivity index (χ2v) is 15.1. The summed E-state index contributed by atoms with van der Waals surface area (Å²) in [6.07, 6.45) is 0. The molecular weight excluding hydrogens is 663 g/mol. The van der Waals surface area contributed by atoms with Gasteiger partial charge in [0, 0.05) is 36.9 Å². The lowest BCUT2D eigenvalue weighted by Crippen LogP contribution is -2.32. The molecule has 0 bridgehead atoms. The maximum absolute atomic E-state index is 5.52. The van der Waals surface area contributed by atoms with Gasteiger partial charge < -0.3 is 0 Å².